The number of alkyl halides is 6. The van der Waals surface area contributed by atoms with Crippen molar-refractivity contribution in [2.75, 3.05) is 13.2 Å². The molecule has 0 unspecified atom stereocenters. The first-order valence-corrected chi connectivity index (χ1v) is 13.0. The molecule has 0 aliphatic rings. The molecule has 0 saturated carbocycles. The van der Waals surface area contributed by atoms with E-state index >= 15 is 0 Å². The summed E-state index contributed by atoms with van der Waals surface area (Å²) in [6.45, 7) is 4.49. The van der Waals surface area contributed by atoms with Gasteiger partial charge < -0.3 is 15.2 Å². The molecule has 3 rings (SSSR count). The van der Waals surface area contributed by atoms with Gasteiger partial charge in [-0.25, -0.2) is 0 Å². The van der Waals surface area contributed by atoms with Crippen molar-refractivity contribution < 1.29 is 45.8 Å². The average molecular weight is 597 g/mol. The van der Waals surface area contributed by atoms with Crippen LogP contribution in [-0.4, -0.2) is 35.1 Å². The molecule has 226 valence electrons. The summed E-state index contributed by atoms with van der Waals surface area (Å²) in [6.07, 6.45) is -6.57. The lowest BCUT2D eigenvalue weighted by Gasteiger charge is -2.24. The number of amides is 1. The van der Waals surface area contributed by atoms with E-state index in [0.29, 0.717) is 42.9 Å². The molecule has 42 heavy (non-hydrogen) atoms. The fraction of sp³-hybridized carbons (Fsp3) is 0.367. The number of pyridine rings is 1. The number of nitrogens with one attached hydrogen (secondary N) is 1. The highest BCUT2D eigenvalue weighted by Crippen LogP contribution is 2.38. The number of carboxylic acids is 1. The third-order valence-corrected chi connectivity index (χ3v) is 6.40. The first kappa shape index (κ1) is 32.4. The van der Waals surface area contributed by atoms with E-state index in [0.717, 1.165) is 12.0 Å². The molecule has 1 aromatic heterocycles. The summed E-state index contributed by atoms with van der Waals surface area (Å²) in [5.74, 6) is -0.817. The van der Waals surface area contributed by atoms with Crippen molar-refractivity contribution in [1.82, 2.24) is 10.3 Å². The largest absolute Gasteiger partial charge is 0.494 e. The van der Waals surface area contributed by atoms with Crippen LogP contribution in [0, 0.1) is 5.41 Å². The van der Waals surface area contributed by atoms with Gasteiger partial charge in [0.25, 0.3) is 5.91 Å². The Hall–Kier alpha value is -4.09. The van der Waals surface area contributed by atoms with E-state index in [1.54, 1.807) is 30.3 Å². The predicted octanol–water partition coefficient (Wildman–Crippen LogP) is 7.42. The number of aromatic nitrogens is 1. The fourth-order valence-corrected chi connectivity index (χ4v) is 4.27. The number of hydrogen-bond donors (Lipinski definition) is 2. The Morgan fingerprint density at radius 1 is 0.905 bits per heavy atom. The third kappa shape index (κ3) is 9.78. The van der Waals surface area contributed by atoms with Gasteiger partial charge in [0.1, 0.15) is 5.75 Å². The minimum atomic E-state index is -4.94. The lowest BCUT2D eigenvalue weighted by atomic mass is 9.82. The molecule has 6 nitrogen and oxygen atoms in total. The molecular formula is C30H30F6N2O4. The van der Waals surface area contributed by atoms with Crippen molar-refractivity contribution in [3.8, 4) is 17.0 Å². The third-order valence-electron chi connectivity index (χ3n) is 6.40. The van der Waals surface area contributed by atoms with Gasteiger partial charge in [0.2, 0.25) is 0 Å². The Kier molecular flexibility index (Phi) is 10.2. The molecule has 0 aliphatic heterocycles. The normalized spacial score (nSPS) is 12.2. The molecular weight excluding hydrogens is 566 g/mol. The highest BCUT2D eigenvalue weighted by Gasteiger charge is 2.37. The second-order valence-electron chi connectivity index (χ2n) is 10.6. The van der Waals surface area contributed by atoms with Crippen LogP contribution in [-0.2, 0) is 23.6 Å². The Labute approximate surface area is 238 Å². The smallest absolute Gasteiger partial charge is 0.416 e. The van der Waals surface area contributed by atoms with Crippen LogP contribution in [0.15, 0.2) is 60.8 Å². The van der Waals surface area contributed by atoms with E-state index in [1.165, 1.54) is 12.3 Å². The summed E-state index contributed by atoms with van der Waals surface area (Å²) in [5, 5.41) is 11.2. The molecule has 0 radical (unpaired) electrons. The summed E-state index contributed by atoms with van der Waals surface area (Å²) >= 11 is 0. The minimum absolute atomic E-state index is 0.00492. The van der Waals surface area contributed by atoms with Crippen LogP contribution >= 0.6 is 0 Å². The van der Waals surface area contributed by atoms with Crippen molar-refractivity contribution in [2.45, 2.75) is 51.9 Å². The van der Waals surface area contributed by atoms with E-state index in [-0.39, 0.29) is 41.6 Å². The Morgan fingerprint density at radius 3 is 2.05 bits per heavy atom. The summed E-state index contributed by atoms with van der Waals surface area (Å²) in [5.41, 5.74) is -2.10. The first-order chi connectivity index (χ1) is 19.5. The number of aliphatic carboxylic acids is 1. The van der Waals surface area contributed by atoms with Crippen molar-refractivity contribution in [3.63, 3.8) is 0 Å². The van der Waals surface area contributed by atoms with Gasteiger partial charge in [-0.15, -0.1) is 0 Å². The van der Waals surface area contributed by atoms with Gasteiger partial charge in [-0.1, -0.05) is 19.9 Å². The predicted molar refractivity (Wildman–Crippen MR) is 143 cm³/mol. The van der Waals surface area contributed by atoms with Crippen LogP contribution in [0.4, 0.5) is 26.3 Å². The van der Waals surface area contributed by atoms with Crippen molar-refractivity contribution in [1.29, 1.82) is 0 Å². The zero-order chi connectivity index (χ0) is 31.1. The van der Waals surface area contributed by atoms with Crippen LogP contribution < -0.4 is 10.1 Å². The standard InChI is InChI=1S/C30H30F6N2O4/c1-28(2,11-3-13-42-24-7-5-20(6-8-24)27(41)37-12-10-26(39)40)17-19-4-9-25(38-18-19)21-14-22(29(31,32)33)16-23(15-21)30(34,35)36/h4-9,14-16,18H,3,10-13,17H2,1-2H3,(H,37,41)(H,39,40). The van der Waals surface area contributed by atoms with E-state index < -0.39 is 29.4 Å². The molecule has 2 N–H and O–H groups in total. The zero-order valence-electron chi connectivity index (χ0n) is 22.9. The number of benzene rings is 2. The highest BCUT2D eigenvalue weighted by atomic mass is 19.4. The number of halogens is 6. The number of carboxylic acid groups (broad SMARTS) is 1. The second-order valence-corrected chi connectivity index (χ2v) is 10.6. The maximum absolute atomic E-state index is 13.2. The number of rotatable bonds is 12. The molecule has 2 aromatic carbocycles. The highest BCUT2D eigenvalue weighted by molar-refractivity contribution is 5.94. The van der Waals surface area contributed by atoms with Crippen molar-refractivity contribution in [2.24, 2.45) is 5.41 Å². The first-order valence-electron chi connectivity index (χ1n) is 13.0. The van der Waals surface area contributed by atoms with Crippen LogP contribution in [0.5, 0.6) is 5.75 Å². The summed E-state index contributed by atoms with van der Waals surface area (Å²) in [7, 11) is 0. The number of carbonyl (C=O) groups excluding carboxylic acids is 1. The molecule has 0 spiro atoms. The van der Waals surface area contributed by atoms with E-state index in [9.17, 15) is 35.9 Å². The van der Waals surface area contributed by atoms with Crippen LogP contribution in [0.25, 0.3) is 11.3 Å². The Bertz CT molecular complexity index is 1340. The quantitative estimate of drug-likeness (QED) is 0.168. The van der Waals surface area contributed by atoms with Crippen molar-refractivity contribution >= 4 is 11.9 Å². The molecule has 1 heterocycles. The molecule has 1 amide bonds. The van der Waals surface area contributed by atoms with Gasteiger partial charge in [-0.2, -0.15) is 26.3 Å². The average Bonchev–Trinajstić information content (AvgIpc) is 2.90. The molecule has 0 bridgehead atoms. The number of hydrogen-bond acceptors (Lipinski definition) is 4. The topological polar surface area (TPSA) is 88.5 Å². The van der Waals surface area contributed by atoms with E-state index in [4.69, 9.17) is 9.84 Å². The maximum Gasteiger partial charge on any atom is 0.416 e. The zero-order valence-corrected chi connectivity index (χ0v) is 22.9. The lowest BCUT2D eigenvalue weighted by Crippen LogP contribution is -2.25. The van der Waals surface area contributed by atoms with Crippen molar-refractivity contribution in [3.05, 3.63) is 83.0 Å². The number of carbonyl (C=O) groups is 2. The SMILES string of the molecule is CC(C)(CCCOc1ccc(C(=O)NCCC(=O)O)cc1)Cc1ccc(-c2cc(C(F)(F)F)cc(C(F)(F)F)c2)nc1. The molecule has 12 heteroatoms. The monoisotopic (exact) mass is 596 g/mol. The molecule has 0 saturated heterocycles. The van der Waals surface area contributed by atoms with Gasteiger partial charge in [0.15, 0.2) is 0 Å². The summed E-state index contributed by atoms with van der Waals surface area (Å²) in [4.78, 5) is 26.7. The number of ether oxygens (including phenoxy) is 1. The minimum Gasteiger partial charge on any atom is -0.494 e. The number of nitrogens with zero attached hydrogens (tertiary/aromatic N) is 1. The van der Waals surface area contributed by atoms with E-state index in [2.05, 4.69) is 10.3 Å². The Balaban J connectivity index is 1.53. The van der Waals surface area contributed by atoms with Gasteiger partial charge in [0.05, 0.1) is 29.8 Å². The molecule has 0 fully saturated rings. The summed E-state index contributed by atoms with van der Waals surface area (Å²) in [6, 6.07) is 10.9. The van der Waals surface area contributed by atoms with Crippen LogP contribution in [0.3, 0.4) is 0 Å². The van der Waals surface area contributed by atoms with Crippen LogP contribution in [0.2, 0.25) is 0 Å². The second kappa shape index (κ2) is 13.3. The summed E-state index contributed by atoms with van der Waals surface area (Å²) < 4.78 is 85.0. The Morgan fingerprint density at radius 2 is 1.52 bits per heavy atom. The van der Waals surface area contributed by atoms with Gasteiger partial charge >= 0.3 is 18.3 Å². The van der Waals surface area contributed by atoms with Gasteiger partial charge in [-0.05, 0) is 78.8 Å². The maximum atomic E-state index is 13.2. The van der Waals surface area contributed by atoms with Gasteiger partial charge in [0, 0.05) is 23.9 Å². The molecule has 3 aromatic rings. The molecule has 0 atom stereocenters. The molecule has 0 aliphatic carbocycles. The fourth-order valence-electron chi connectivity index (χ4n) is 4.27. The van der Waals surface area contributed by atoms with E-state index in [1.807, 2.05) is 13.8 Å². The van der Waals surface area contributed by atoms with Crippen LogP contribution in [0.1, 0.15) is 60.2 Å². The van der Waals surface area contributed by atoms with Gasteiger partial charge in [-0.3, -0.25) is 14.6 Å². The lowest BCUT2D eigenvalue weighted by molar-refractivity contribution is -0.143.